The zero-order valence-electron chi connectivity index (χ0n) is 14.0. The Morgan fingerprint density at radius 3 is 2.86 bits per heavy atom. The number of fused-ring (bicyclic) bond motifs is 4. The number of Topliss-reactive ketones (excluding diaryl/α,β-unsaturated/α-hetero) is 1. The maximum Gasteiger partial charge on any atom is 0.133 e. The standard InChI is InChI=1S/C21H26O/c1-13-16-7-5-4-6-15(16)12-18-17(13)10-11-21(3)19(14(2)22)8-9-20(18)21/h5,7,12,19-20H,4,6,8-11H2,1-3H3. The highest BCUT2D eigenvalue weighted by Crippen LogP contribution is 2.59. The molecule has 0 bridgehead atoms. The second-order valence-electron chi connectivity index (χ2n) is 7.88. The number of benzene rings is 1. The van der Waals surface area contributed by atoms with Gasteiger partial charge in [-0.1, -0.05) is 25.1 Å². The third kappa shape index (κ3) is 1.81. The number of hydrogen-bond acceptors (Lipinski definition) is 1. The molecule has 1 saturated carbocycles. The number of carbonyl (C=O) groups excluding carboxylic acids is 1. The minimum atomic E-state index is 0.198. The van der Waals surface area contributed by atoms with Crippen molar-refractivity contribution in [2.45, 2.75) is 65.2 Å². The number of aryl methyl sites for hydroxylation is 1. The van der Waals surface area contributed by atoms with Gasteiger partial charge in [-0.25, -0.2) is 0 Å². The number of ketones is 1. The van der Waals surface area contributed by atoms with Gasteiger partial charge >= 0.3 is 0 Å². The summed E-state index contributed by atoms with van der Waals surface area (Å²) in [7, 11) is 0. The van der Waals surface area contributed by atoms with Crippen LogP contribution in [0.1, 0.15) is 73.3 Å². The van der Waals surface area contributed by atoms with Crippen LogP contribution in [0.2, 0.25) is 0 Å². The van der Waals surface area contributed by atoms with Crippen LogP contribution in [0, 0.1) is 18.3 Å². The summed E-state index contributed by atoms with van der Waals surface area (Å²) < 4.78 is 0. The van der Waals surface area contributed by atoms with Gasteiger partial charge in [0, 0.05) is 5.92 Å². The van der Waals surface area contributed by atoms with E-state index in [0.29, 0.717) is 11.7 Å². The molecular formula is C21H26O. The number of allylic oxidation sites excluding steroid dienone is 1. The molecule has 0 saturated heterocycles. The summed E-state index contributed by atoms with van der Waals surface area (Å²) in [5.41, 5.74) is 7.91. The highest BCUT2D eigenvalue weighted by molar-refractivity contribution is 5.80. The lowest BCUT2D eigenvalue weighted by Crippen LogP contribution is -2.35. The van der Waals surface area contributed by atoms with Crippen molar-refractivity contribution >= 4 is 11.9 Å². The Morgan fingerprint density at radius 1 is 1.27 bits per heavy atom. The molecule has 0 heterocycles. The molecule has 3 aliphatic carbocycles. The zero-order chi connectivity index (χ0) is 15.5. The quantitative estimate of drug-likeness (QED) is 0.713. The van der Waals surface area contributed by atoms with Gasteiger partial charge in [-0.2, -0.15) is 0 Å². The molecular weight excluding hydrogens is 268 g/mol. The average molecular weight is 294 g/mol. The van der Waals surface area contributed by atoms with Crippen molar-refractivity contribution in [3.05, 3.63) is 40.0 Å². The van der Waals surface area contributed by atoms with Gasteiger partial charge in [-0.15, -0.1) is 0 Å². The predicted octanol–water partition coefficient (Wildman–Crippen LogP) is 4.99. The number of carbonyl (C=O) groups is 1. The molecule has 1 nitrogen and oxygen atoms in total. The zero-order valence-corrected chi connectivity index (χ0v) is 14.0. The molecule has 0 N–H and O–H groups in total. The molecule has 0 amide bonds. The first kappa shape index (κ1) is 14.2. The first-order valence-electron chi connectivity index (χ1n) is 8.84. The van der Waals surface area contributed by atoms with E-state index < -0.39 is 0 Å². The first-order chi connectivity index (χ1) is 10.5. The van der Waals surface area contributed by atoms with Crippen LogP contribution in [-0.4, -0.2) is 5.78 Å². The first-order valence-corrected chi connectivity index (χ1v) is 8.84. The van der Waals surface area contributed by atoms with Crippen LogP contribution in [0.5, 0.6) is 0 Å². The molecule has 1 fully saturated rings. The van der Waals surface area contributed by atoms with Crippen LogP contribution >= 0.6 is 0 Å². The molecule has 3 aliphatic rings. The third-order valence-corrected chi connectivity index (χ3v) is 6.86. The largest absolute Gasteiger partial charge is 0.300 e. The maximum absolute atomic E-state index is 12.1. The normalized spacial score (nSPS) is 32.3. The molecule has 0 aliphatic heterocycles. The molecule has 22 heavy (non-hydrogen) atoms. The molecule has 116 valence electrons. The van der Waals surface area contributed by atoms with E-state index in [1.165, 1.54) is 42.4 Å². The summed E-state index contributed by atoms with van der Waals surface area (Å²) in [5, 5.41) is 0. The van der Waals surface area contributed by atoms with Crippen LogP contribution < -0.4 is 0 Å². The van der Waals surface area contributed by atoms with Gasteiger partial charge in [0.1, 0.15) is 5.78 Å². The third-order valence-electron chi connectivity index (χ3n) is 6.86. The lowest BCUT2D eigenvalue weighted by atomic mass is 9.61. The van der Waals surface area contributed by atoms with Crippen molar-refractivity contribution in [3.63, 3.8) is 0 Å². The van der Waals surface area contributed by atoms with Crippen LogP contribution in [0.15, 0.2) is 12.1 Å². The van der Waals surface area contributed by atoms with Gasteiger partial charge in [-0.05, 0) is 91.5 Å². The summed E-state index contributed by atoms with van der Waals surface area (Å²) >= 11 is 0. The van der Waals surface area contributed by atoms with Gasteiger partial charge in [0.05, 0.1) is 0 Å². The molecule has 3 unspecified atom stereocenters. The van der Waals surface area contributed by atoms with E-state index >= 15 is 0 Å². The van der Waals surface area contributed by atoms with Crippen LogP contribution in [0.4, 0.5) is 0 Å². The fourth-order valence-corrected chi connectivity index (χ4v) is 5.65. The van der Waals surface area contributed by atoms with Gasteiger partial charge in [-0.3, -0.25) is 4.79 Å². The Labute approximate surface area is 133 Å². The topological polar surface area (TPSA) is 17.1 Å². The Kier molecular flexibility index (Phi) is 3.11. The lowest BCUT2D eigenvalue weighted by Gasteiger charge is -2.42. The smallest absolute Gasteiger partial charge is 0.133 e. The van der Waals surface area contributed by atoms with Gasteiger partial charge in [0.2, 0.25) is 0 Å². The Hall–Kier alpha value is -1.37. The SMILES string of the molecule is CC(=O)C1CCC2c3cc4c(c(C)c3CCC12C)C=CCC4. The molecule has 1 heteroatoms. The maximum atomic E-state index is 12.1. The van der Waals surface area contributed by atoms with Crippen molar-refractivity contribution in [3.8, 4) is 0 Å². The summed E-state index contributed by atoms with van der Waals surface area (Å²) in [6.07, 6.45) is 11.6. The molecule has 0 aromatic heterocycles. The predicted molar refractivity (Wildman–Crippen MR) is 91.1 cm³/mol. The van der Waals surface area contributed by atoms with E-state index in [4.69, 9.17) is 0 Å². The second-order valence-corrected chi connectivity index (χ2v) is 7.88. The summed E-state index contributed by atoms with van der Waals surface area (Å²) in [6, 6.07) is 2.51. The van der Waals surface area contributed by atoms with Crippen molar-refractivity contribution in [2.75, 3.05) is 0 Å². The van der Waals surface area contributed by atoms with Gasteiger partial charge < -0.3 is 0 Å². The van der Waals surface area contributed by atoms with E-state index in [0.717, 1.165) is 12.8 Å². The lowest BCUT2D eigenvalue weighted by molar-refractivity contribution is -0.124. The van der Waals surface area contributed by atoms with E-state index in [9.17, 15) is 4.79 Å². The average Bonchev–Trinajstić information content (AvgIpc) is 2.85. The van der Waals surface area contributed by atoms with Crippen LogP contribution in [0.25, 0.3) is 6.08 Å². The molecule has 3 atom stereocenters. The highest BCUT2D eigenvalue weighted by atomic mass is 16.1. The number of rotatable bonds is 1. The fourth-order valence-electron chi connectivity index (χ4n) is 5.65. The monoisotopic (exact) mass is 294 g/mol. The minimum Gasteiger partial charge on any atom is -0.300 e. The van der Waals surface area contributed by atoms with Crippen molar-refractivity contribution in [1.82, 2.24) is 0 Å². The fraction of sp³-hybridized carbons (Fsp3) is 0.571. The molecule has 0 radical (unpaired) electrons. The summed E-state index contributed by atoms with van der Waals surface area (Å²) in [5.74, 6) is 1.29. The minimum absolute atomic E-state index is 0.198. The van der Waals surface area contributed by atoms with E-state index in [1.807, 2.05) is 0 Å². The van der Waals surface area contributed by atoms with Crippen molar-refractivity contribution < 1.29 is 4.79 Å². The van der Waals surface area contributed by atoms with Gasteiger partial charge in [0.15, 0.2) is 0 Å². The van der Waals surface area contributed by atoms with Crippen molar-refractivity contribution in [1.29, 1.82) is 0 Å². The highest BCUT2D eigenvalue weighted by Gasteiger charge is 2.51. The summed E-state index contributed by atoms with van der Waals surface area (Å²) in [4.78, 5) is 12.1. The molecule has 1 aromatic carbocycles. The second kappa shape index (κ2) is 4.81. The Bertz CT molecular complexity index is 682. The van der Waals surface area contributed by atoms with Crippen molar-refractivity contribution in [2.24, 2.45) is 11.3 Å². The Balaban J connectivity index is 1.85. The van der Waals surface area contributed by atoms with E-state index in [1.54, 1.807) is 18.1 Å². The number of hydrogen-bond donors (Lipinski definition) is 0. The van der Waals surface area contributed by atoms with Crippen LogP contribution in [-0.2, 0) is 17.6 Å². The van der Waals surface area contributed by atoms with E-state index in [-0.39, 0.29) is 11.3 Å². The molecule has 1 aromatic rings. The van der Waals surface area contributed by atoms with Crippen LogP contribution in [0.3, 0.4) is 0 Å². The van der Waals surface area contributed by atoms with E-state index in [2.05, 4.69) is 32.1 Å². The van der Waals surface area contributed by atoms with Gasteiger partial charge in [0.25, 0.3) is 0 Å². The Morgan fingerprint density at radius 2 is 2.09 bits per heavy atom. The molecule has 0 spiro atoms. The summed E-state index contributed by atoms with van der Waals surface area (Å²) in [6.45, 7) is 6.50. The molecule has 4 rings (SSSR count).